The average Bonchev–Trinajstić information content (AvgIpc) is 3.45. The van der Waals surface area contributed by atoms with Gasteiger partial charge in [0.2, 0.25) is 0 Å². The highest BCUT2D eigenvalue weighted by Crippen LogP contribution is 2.17. The second kappa shape index (κ2) is 67.6. The number of rotatable bonds is 64. The van der Waals surface area contributed by atoms with E-state index >= 15 is 0 Å². The first kappa shape index (κ1) is 76.1. The topological polar surface area (TPSA) is 78.9 Å². The van der Waals surface area contributed by atoms with Gasteiger partial charge in [-0.15, -0.1) is 0 Å². The van der Waals surface area contributed by atoms with Crippen LogP contribution in [0, 0.1) is 0 Å². The van der Waals surface area contributed by atoms with Gasteiger partial charge in [0.15, 0.2) is 6.10 Å². The molecule has 0 bridgehead atoms. The molecule has 0 spiro atoms. The minimum atomic E-state index is -0.780. The molecular formula is C73H132O6. The highest BCUT2D eigenvalue weighted by molar-refractivity contribution is 5.71. The van der Waals surface area contributed by atoms with E-state index in [1.165, 1.54) is 244 Å². The number of hydrogen-bond donors (Lipinski definition) is 0. The second-order valence-corrected chi connectivity index (χ2v) is 23.4. The first-order valence-electron chi connectivity index (χ1n) is 34.8. The third-order valence-electron chi connectivity index (χ3n) is 15.5. The van der Waals surface area contributed by atoms with Gasteiger partial charge in [-0.1, -0.05) is 319 Å². The van der Waals surface area contributed by atoms with Crippen molar-refractivity contribution in [2.24, 2.45) is 0 Å². The van der Waals surface area contributed by atoms with Crippen LogP contribution in [0.4, 0.5) is 0 Å². The monoisotopic (exact) mass is 1110 g/mol. The second-order valence-electron chi connectivity index (χ2n) is 23.4. The van der Waals surface area contributed by atoms with Gasteiger partial charge in [-0.05, 0) is 89.9 Å². The van der Waals surface area contributed by atoms with Crippen LogP contribution < -0.4 is 0 Å². The van der Waals surface area contributed by atoms with Crippen LogP contribution in [-0.4, -0.2) is 37.2 Å². The number of ether oxygens (including phenoxy) is 3. The van der Waals surface area contributed by atoms with Gasteiger partial charge in [-0.2, -0.15) is 0 Å². The van der Waals surface area contributed by atoms with Crippen LogP contribution >= 0.6 is 0 Å². The Morgan fingerprint density at radius 3 is 0.709 bits per heavy atom. The summed E-state index contributed by atoms with van der Waals surface area (Å²) in [6.45, 7) is 6.66. The van der Waals surface area contributed by atoms with Crippen LogP contribution in [0.25, 0.3) is 0 Å². The summed E-state index contributed by atoms with van der Waals surface area (Å²) in [6, 6.07) is 0. The predicted octanol–water partition coefficient (Wildman–Crippen LogP) is 23.9. The zero-order valence-corrected chi connectivity index (χ0v) is 52.9. The molecule has 0 fully saturated rings. The van der Waals surface area contributed by atoms with Crippen molar-refractivity contribution in [1.82, 2.24) is 0 Å². The van der Waals surface area contributed by atoms with E-state index in [1.54, 1.807) is 0 Å². The normalized spacial score (nSPS) is 12.4. The van der Waals surface area contributed by atoms with Gasteiger partial charge in [0.25, 0.3) is 0 Å². The number of esters is 3. The van der Waals surface area contributed by atoms with Crippen LogP contribution in [0.1, 0.15) is 367 Å². The minimum absolute atomic E-state index is 0.0754. The molecule has 0 aliphatic heterocycles. The lowest BCUT2D eigenvalue weighted by atomic mass is 10.0. The van der Waals surface area contributed by atoms with Crippen molar-refractivity contribution < 1.29 is 28.6 Å². The van der Waals surface area contributed by atoms with Gasteiger partial charge in [-0.25, -0.2) is 0 Å². The fourth-order valence-corrected chi connectivity index (χ4v) is 10.2. The predicted molar refractivity (Wildman–Crippen MR) is 344 cm³/mol. The maximum atomic E-state index is 12.9. The third kappa shape index (κ3) is 65.8. The minimum Gasteiger partial charge on any atom is -0.462 e. The van der Waals surface area contributed by atoms with Crippen molar-refractivity contribution in [3.8, 4) is 0 Å². The Hall–Kier alpha value is -2.89. The van der Waals surface area contributed by atoms with Gasteiger partial charge < -0.3 is 14.2 Å². The lowest BCUT2D eigenvalue weighted by molar-refractivity contribution is -0.167. The van der Waals surface area contributed by atoms with E-state index in [-0.39, 0.29) is 31.1 Å². The Labute approximate surface area is 491 Å². The number of allylic oxidation sites excluding steroid dienone is 10. The molecule has 0 heterocycles. The molecule has 0 rings (SSSR count). The van der Waals surface area contributed by atoms with E-state index in [0.717, 1.165) is 83.5 Å². The maximum Gasteiger partial charge on any atom is 0.306 e. The third-order valence-corrected chi connectivity index (χ3v) is 15.5. The van der Waals surface area contributed by atoms with Gasteiger partial charge >= 0.3 is 17.9 Å². The van der Waals surface area contributed by atoms with E-state index in [2.05, 4.69) is 81.5 Å². The first-order chi connectivity index (χ1) is 39.0. The van der Waals surface area contributed by atoms with Gasteiger partial charge in [0.05, 0.1) is 0 Å². The molecule has 1 atom stereocenters. The number of hydrogen-bond acceptors (Lipinski definition) is 6. The fraction of sp³-hybridized carbons (Fsp3) is 0.822. The molecule has 0 aliphatic carbocycles. The Bertz CT molecular complexity index is 1410. The number of carbonyl (C=O) groups is 3. The highest BCUT2D eigenvalue weighted by atomic mass is 16.6. The summed E-state index contributed by atoms with van der Waals surface area (Å²) in [5.74, 6) is -0.866. The Morgan fingerprint density at radius 1 is 0.253 bits per heavy atom. The summed E-state index contributed by atoms with van der Waals surface area (Å²) in [7, 11) is 0. The largest absolute Gasteiger partial charge is 0.462 e. The fourth-order valence-electron chi connectivity index (χ4n) is 10.2. The quantitative estimate of drug-likeness (QED) is 0.0261. The van der Waals surface area contributed by atoms with Crippen molar-refractivity contribution in [2.45, 2.75) is 374 Å². The average molecular weight is 1110 g/mol. The molecule has 0 aromatic rings. The van der Waals surface area contributed by atoms with Crippen molar-refractivity contribution in [3.05, 3.63) is 60.8 Å². The van der Waals surface area contributed by atoms with E-state index in [1.807, 2.05) is 0 Å². The SMILES string of the molecule is CCCCCCC/C=C\C/C=C\C/C=C\CCCCCCCCC(=O)OC(COC(=O)CCCCCCCCCCCCCCC)COC(=O)CCCCCCCCCCCCCCCCC/C=C\C/C=C\CCCCCCC. The van der Waals surface area contributed by atoms with Gasteiger partial charge in [0.1, 0.15) is 13.2 Å². The molecule has 6 nitrogen and oxygen atoms in total. The zero-order valence-electron chi connectivity index (χ0n) is 52.9. The lowest BCUT2D eigenvalue weighted by Gasteiger charge is -2.18. The van der Waals surface area contributed by atoms with Crippen LogP contribution in [0.3, 0.4) is 0 Å². The summed E-state index contributed by atoms with van der Waals surface area (Å²) in [5, 5.41) is 0. The highest BCUT2D eigenvalue weighted by Gasteiger charge is 2.19. The summed E-state index contributed by atoms with van der Waals surface area (Å²) in [5.41, 5.74) is 0. The Morgan fingerprint density at radius 2 is 0.456 bits per heavy atom. The van der Waals surface area contributed by atoms with Crippen molar-refractivity contribution in [3.63, 3.8) is 0 Å². The van der Waals surface area contributed by atoms with Gasteiger partial charge in [-0.3, -0.25) is 14.4 Å². The summed E-state index contributed by atoms with van der Waals surface area (Å²) >= 11 is 0. The van der Waals surface area contributed by atoms with E-state index in [0.29, 0.717) is 19.3 Å². The van der Waals surface area contributed by atoms with Crippen molar-refractivity contribution in [2.75, 3.05) is 13.2 Å². The summed E-state index contributed by atoms with van der Waals surface area (Å²) in [4.78, 5) is 38.4. The molecule has 0 amide bonds. The molecule has 0 aliphatic rings. The van der Waals surface area contributed by atoms with Gasteiger partial charge in [0, 0.05) is 19.3 Å². The Balaban J connectivity index is 4.27. The number of carbonyl (C=O) groups excluding carboxylic acids is 3. The molecule has 0 aromatic carbocycles. The Kier molecular flexibility index (Phi) is 65.1. The number of unbranched alkanes of at least 4 members (excludes halogenated alkanes) is 43. The van der Waals surface area contributed by atoms with Crippen LogP contribution in [-0.2, 0) is 28.6 Å². The molecule has 460 valence electrons. The summed E-state index contributed by atoms with van der Waals surface area (Å²) < 4.78 is 17.0. The van der Waals surface area contributed by atoms with Crippen LogP contribution in [0.15, 0.2) is 60.8 Å². The smallest absolute Gasteiger partial charge is 0.306 e. The summed E-state index contributed by atoms with van der Waals surface area (Å²) in [6.07, 6.45) is 86.7. The maximum absolute atomic E-state index is 12.9. The zero-order chi connectivity index (χ0) is 57.1. The molecule has 0 N–H and O–H groups in total. The lowest BCUT2D eigenvalue weighted by Crippen LogP contribution is -2.30. The van der Waals surface area contributed by atoms with Crippen molar-refractivity contribution >= 4 is 17.9 Å². The molecule has 6 heteroatoms. The van der Waals surface area contributed by atoms with Crippen molar-refractivity contribution in [1.29, 1.82) is 0 Å². The molecule has 0 radical (unpaired) electrons. The molecule has 1 unspecified atom stereocenters. The molecular weight excluding hydrogens is 973 g/mol. The molecule has 0 saturated heterocycles. The molecule has 79 heavy (non-hydrogen) atoms. The first-order valence-corrected chi connectivity index (χ1v) is 34.8. The van der Waals surface area contributed by atoms with Crippen LogP contribution in [0.5, 0.6) is 0 Å². The van der Waals surface area contributed by atoms with E-state index in [9.17, 15) is 14.4 Å². The van der Waals surface area contributed by atoms with E-state index < -0.39 is 6.10 Å². The molecule has 0 saturated carbocycles. The standard InChI is InChI=1S/C73H132O6/c1-4-7-10-13-16-19-22-25-27-29-31-33-34-35-36-37-38-40-41-43-45-48-51-54-57-60-63-66-72(75)78-69-70(68-77-71(74)65-62-59-56-53-50-47-24-21-18-15-12-9-6-3)79-73(76)67-64-61-58-55-52-49-46-44-42-39-32-30-28-26-23-20-17-14-11-8-5-2/h22-23,25-26,29-32,42,44,70H,4-21,24,27-28,33-41,43,45-69H2,1-3H3/b25-22-,26-23-,31-29-,32-30-,44-42-. The van der Waals surface area contributed by atoms with Crippen LogP contribution in [0.2, 0.25) is 0 Å². The molecule has 0 aromatic heterocycles. The van der Waals surface area contributed by atoms with E-state index in [4.69, 9.17) is 14.2 Å².